The Morgan fingerprint density at radius 3 is 2.04 bits per heavy atom. The van der Waals surface area contributed by atoms with Crippen LogP contribution in [0.1, 0.15) is 69.1 Å². The van der Waals surface area contributed by atoms with E-state index in [9.17, 15) is 4.79 Å². The third-order valence-electron chi connectivity index (χ3n) is 5.99. The van der Waals surface area contributed by atoms with Gasteiger partial charge >= 0.3 is 0 Å². The van der Waals surface area contributed by atoms with Crippen molar-refractivity contribution in [1.82, 2.24) is 0 Å². The summed E-state index contributed by atoms with van der Waals surface area (Å²) in [7, 11) is 0. The Morgan fingerprint density at radius 1 is 0.963 bits per heavy atom. The van der Waals surface area contributed by atoms with Gasteiger partial charge in [-0.2, -0.15) is 0 Å². The first-order valence-electron chi connectivity index (χ1n) is 9.99. The van der Waals surface area contributed by atoms with Gasteiger partial charge in [0.15, 0.2) is 0 Å². The van der Waals surface area contributed by atoms with Crippen molar-refractivity contribution in [2.75, 3.05) is 0 Å². The molecule has 144 valence electrons. The lowest BCUT2D eigenvalue weighted by Crippen LogP contribution is -2.34. The van der Waals surface area contributed by atoms with E-state index in [0.717, 1.165) is 5.75 Å². The maximum Gasteiger partial charge on any atom is 0.296 e. The molecule has 0 heterocycles. The highest BCUT2D eigenvalue weighted by Gasteiger charge is 2.35. The van der Waals surface area contributed by atoms with Gasteiger partial charge in [0, 0.05) is 18.8 Å². The van der Waals surface area contributed by atoms with Crippen molar-refractivity contribution < 1.29 is 14.3 Å². The Hall–Kier alpha value is -2.29. The molecule has 3 nitrogen and oxygen atoms in total. The zero-order valence-corrected chi connectivity index (χ0v) is 16.7. The summed E-state index contributed by atoms with van der Waals surface area (Å²) < 4.78 is 11.1. The zero-order valence-electron chi connectivity index (χ0n) is 16.7. The van der Waals surface area contributed by atoms with Crippen molar-refractivity contribution >= 4 is 6.47 Å². The van der Waals surface area contributed by atoms with E-state index in [2.05, 4.69) is 43.3 Å². The zero-order chi connectivity index (χ0) is 19.3. The van der Waals surface area contributed by atoms with Gasteiger partial charge in [-0.05, 0) is 43.0 Å². The Kier molecular flexibility index (Phi) is 5.88. The third-order valence-corrected chi connectivity index (χ3v) is 5.99. The summed E-state index contributed by atoms with van der Waals surface area (Å²) in [6.07, 6.45) is 6.77. The van der Waals surface area contributed by atoms with Crippen LogP contribution < -0.4 is 4.74 Å². The lowest BCUT2D eigenvalue weighted by Gasteiger charge is -2.39. The molecule has 1 atom stereocenters. The second-order valence-electron chi connectivity index (χ2n) is 7.84. The SMILES string of the molecule is CCC(C)(OC=O)Oc1ccc(C2(c3ccc(C)cc3)CCCCC2)cc1. The van der Waals surface area contributed by atoms with Crippen LogP contribution in [0.3, 0.4) is 0 Å². The largest absolute Gasteiger partial charge is 0.453 e. The number of hydrogen-bond acceptors (Lipinski definition) is 3. The molecule has 0 amide bonds. The number of rotatable bonds is 7. The summed E-state index contributed by atoms with van der Waals surface area (Å²) in [6.45, 7) is 6.30. The standard InChI is InChI=1S/C24H30O3/c1-4-23(3,26-18-25)27-22-14-12-21(13-15-22)24(16-6-5-7-17-24)20-10-8-19(2)9-11-20/h8-15,18H,4-7,16-17H2,1-3H3. The highest BCUT2D eigenvalue weighted by Crippen LogP contribution is 2.45. The maximum atomic E-state index is 10.8. The second-order valence-corrected chi connectivity index (χ2v) is 7.84. The maximum absolute atomic E-state index is 10.8. The molecule has 1 saturated carbocycles. The van der Waals surface area contributed by atoms with Crippen LogP contribution in [-0.2, 0) is 14.9 Å². The molecule has 0 aromatic heterocycles. The van der Waals surface area contributed by atoms with Crippen LogP contribution in [0, 0.1) is 6.92 Å². The fraction of sp³-hybridized carbons (Fsp3) is 0.458. The minimum atomic E-state index is -0.928. The van der Waals surface area contributed by atoms with E-state index in [-0.39, 0.29) is 5.41 Å². The topological polar surface area (TPSA) is 35.5 Å². The Bertz CT molecular complexity index is 742. The lowest BCUT2D eigenvalue weighted by molar-refractivity contribution is -0.177. The van der Waals surface area contributed by atoms with Gasteiger partial charge in [0.25, 0.3) is 12.3 Å². The molecular weight excluding hydrogens is 336 g/mol. The molecule has 2 aromatic rings. The molecule has 1 unspecified atom stereocenters. The van der Waals surface area contributed by atoms with Crippen molar-refractivity contribution in [3.05, 3.63) is 65.2 Å². The molecular formula is C24H30O3. The summed E-state index contributed by atoms with van der Waals surface area (Å²) in [5, 5.41) is 0. The number of aryl methyl sites for hydroxylation is 1. The number of hydrogen-bond donors (Lipinski definition) is 0. The average Bonchev–Trinajstić information content (AvgIpc) is 2.70. The van der Waals surface area contributed by atoms with Crippen LogP contribution in [0.4, 0.5) is 0 Å². The molecule has 0 radical (unpaired) electrons. The van der Waals surface area contributed by atoms with E-state index in [1.165, 1.54) is 48.8 Å². The van der Waals surface area contributed by atoms with Gasteiger partial charge in [-0.3, -0.25) is 4.79 Å². The van der Waals surface area contributed by atoms with Crippen LogP contribution >= 0.6 is 0 Å². The molecule has 0 spiro atoms. The predicted molar refractivity (Wildman–Crippen MR) is 108 cm³/mol. The lowest BCUT2D eigenvalue weighted by atomic mass is 9.65. The Balaban J connectivity index is 1.90. The van der Waals surface area contributed by atoms with Gasteiger partial charge in [-0.15, -0.1) is 0 Å². The summed E-state index contributed by atoms with van der Waals surface area (Å²) in [6, 6.07) is 17.4. The van der Waals surface area contributed by atoms with E-state index in [1.54, 1.807) is 6.92 Å². The van der Waals surface area contributed by atoms with Crippen LogP contribution in [0.15, 0.2) is 48.5 Å². The highest BCUT2D eigenvalue weighted by molar-refractivity contribution is 5.43. The Morgan fingerprint density at radius 2 is 1.52 bits per heavy atom. The van der Waals surface area contributed by atoms with Crippen molar-refractivity contribution in [2.45, 2.75) is 70.5 Å². The van der Waals surface area contributed by atoms with E-state index in [0.29, 0.717) is 12.9 Å². The number of benzene rings is 2. The minimum absolute atomic E-state index is 0.0812. The van der Waals surface area contributed by atoms with Gasteiger partial charge in [-0.1, -0.05) is 68.1 Å². The molecule has 27 heavy (non-hydrogen) atoms. The van der Waals surface area contributed by atoms with Gasteiger partial charge < -0.3 is 9.47 Å². The van der Waals surface area contributed by atoms with E-state index in [1.807, 2.05) is 19.1 Å². The minimum Gasteiger partial charge on any atom is -0.453 e. The van der Waals surface area contributed by atoms with Gasteiger partial charge in [0.2, 0.25) is 0 Å². The predicted octanol–water partition coefficient (Wildman–Crippen LogP) is 5.92. The first-order valence-corrected chi connectivity index (χ1v) is 9.99. The second kappa shape index (κ2) is 8.16. The first-order chi connectivity index (χ1) is 13.0. The smallest absolute Gasteiger partial charge is 0.296 e. The number of carbonyl (C=O) groups is 1. The normalized spacial score (nSPS) is 18.3. The van der Waals surface area contributed by atoms with Crippen molar-refractivity contribution in [2.24, 2.45) is 0 Å². The quantitative estimate of drug-likeness (QED) is 0.450. The third kappa shape index (κ3) is 4.18. The summed E-state index contributed by atoms with van der Waals surface area (Å²) in [4.78, 5) is 10.8. The summed E-state index contributed by atoms with van der Waals surface area (Å²) in [5.74, 6) is -0.206. The molecule has 0 N–H and O–H groups in total. The molecule has 3 heteroatoms. The van der Waals surface area contributed by atoms with Crippen molar-refractivity contribution in [3.63, 3.8) is 0 Å². The molecule has 1 aliphatic rings. The fourth-order valence-corrected chi connectivity index (χ4v) is 4.14. The molecule has 1 aliphatic carbocycles. The number of ether oxygens (including phenoxy) is 2. The summed E-state index contributed by atoms with van der Waals surface area (Å²) >= 11 is 0. The fourth-order valence-electron chi connectivity index (χ4n) is 4.14. The van der Waals surface area contributed by atoms with Gasteiger partial charge in [0.1, 0.15) is 5.75 Å². The van der Waals surface area contributed by atoms with E-state index < -0.39 is 5.79 Å². The Labute approximate surface area is 162 Å². The van der Waals surface area contributed by atoms with Crippen LogP contribution in [-0.4, -0.2) is 12.3 Å². The number of carbonyl (C=O) groups excluding carboxylic acids is 1. The first kappa shape index (κ1) is 19.5. The van der Waals surface area contributed by atoms with Crippen LogP contribution in [0.5, 0.6) is 5.75 Å². The summed E-state index contributed by atoms with van der Waals surface area (Å²) in [5.41, 5.74) is 4.12. The van der Waals surface area contributed by atoms with Crippen LogP contribution in [0.2, 0.25) is 0 Å². The molecule has 2 aromatic carbocycles. The van der Waals surface area contributed by atoms with Crippen LogP contribution in [0.25, 0.3) is 0 Å². The van der Waals surface area contributed by atoms with Gasteiger partial charge in [-0.25, -0.2) is 0 Å². The van der Waals surface area contributed by atoms with Crippen molar-refractivity contribution in [1.29, 1.82) is 0 Å². The molecule has 3 rings (SSSR count). The molecule has 0 saturated heterocycles. The molecule has 1 fully saturated rings. The highest BCUT2D eigenvalue weighted by atomic mass is 16.7. The molecule has 0 aliphatic heterocycles. The monoisotopic (exact) mass is 366 g/mol. The van der Waals surface area contributed by atoms with E-state index in [4.69, 9.17) is 9.47 Å². The van der Waals surface area contributed by atoms with E-state index >= 15 is 0 Å². The average molecular weight is 367 g/mol. The molecule has 0 bridgehead atoms. The van der Waals surface area contributed by atoms with Crippen molar-refractivity contribution in [3.8, 4) is 5.75 Å². The van der Waals surface area contributed by atoms with Gasteiger partial charge in [0.05, 0.1) is 0 Å².